The molecular weight excluding hydrogens is 296 g/mol. The average Bonchev–Trinajstić information content (AvgIpc) is 3.14. The summed E-state index contributed by atoms with van der Waals surface area (Å²) in [6.45, 7) is 1.30. The molecule has 23 heavy (non-hydrogen) atoms. The largest absolute Gasteiger partial charge is 0.386 e. The molecule has 0 bridgehead atoms. The number of aromatic nitrogens is 4. The third-order valence-corrected chi connectivity index (χ3v) is 3.97. The zero-order chi connectivity index (χ0) is 16.4. The van der Waals surface area contributed by atoms with Crippen molar-refractivity contribution >= 4 is 11.9 Å². The number of imidazole rings is 1. The third-order valence-electron chi connectivity index (χ3n) is 3.97. The quantitative estimate of drug-likeness (QED) is 0.849. The van der Waals surface area contributed by atoms with Gasteiger partial charge >= 0.3 is 0 Å². The normalized spacial score (nSPS) is 20.7. The molecule has 2 aromatic heterocycles. The minimum absolute atomic E-state index is 0.201. The first-order valence-electron chi connectivity index (χ1n) is 7.45. The van der Waals surface area contributed by atoms with Gasteiger partial charge in [0.25, 0.3) is 5.91 Å². The van der Waals surface area contributed by atoms with E-state index in [1.807, 2.05) is 11.9 Å². The molecule has 122 valence electrons. The fourth-order valence-electron chi connectivity index (χ4n) is 2.84. The number of likely N-dealkylation sites (N-methyl/N-ethyl adjacent to an activating group) is 1. The lowest BCUT2D eigenvalue weighted by Gasteiger charge is -2.28. The molecule has 1 N–H and O–H groups in total. The van der Waals surface area contributed by atoms with Crippen molar-refractivity contribution in [3.63, 3.8) is 0 Å². The van der Waals surface area contributed by atoms with E-state index in [0.717, 1.165) is 0 Å². The molecule has 0 radical (unpaired) electrons. The number of hydrogen-bond donors (Lipinski definition) is 1. The summed E-state index contributed by atoms with van der Waals surface area (Å²) in [5, 5.41) is 10.8. The molecule has 0 unspecified atom stereocenters. The van der Waals surface area contributed by atoms with Crippen LogP contribution in [0.5, 0.6) is 0 Å². The maximum atomic E-state index is 12.3. The Labute approximate surface area is 134 Å². The van der Waals surface area contributed by atoms with E-state index >= 15 is 0 Å². The lowest BCUT2D eigenvalue weighted by atomic mass is 10.0. The van der Waals surface area contributed by atoms with Crippen LogP contribution >= 0.6 is 0 Å². The highest BCUT2D eigenvalue weighted by Crippen LogP contribution is 2.25. The Morgan fingerprint density at radius 1 is 1.39 bits per heavy atom. The van der Waals surface area contributed by atoms with E-state index in [-0.39, 0.29) is 12.5 Å². The Morgan fingerprint density at radius 2 is 2.13 bits per heavy atom. The Balaban J connectivity index is 1.64. The fraction of sp³-hybridized carbons (Fsp3) is 0.467. The van der Waals surface area contributed by atoms with Gasteiger partial charge in [0.15, 0.2) is 0 Å². The second-order valence-electron chi connectivity index (χ2n) is 6.03. The van der Waals surface area contributed by atoms with Crippen LogP contribution < -0.4 is 4.90 Å². The third kappa shape index (κ3) is 3.31. The van der Waals surface area contributed by atoms with E-state index in [1.54, 1.807) is 42.6 Å². The van der Waals surface area contributed by atoms with E-state index in [9.17, 15) is 9.90 Å². The van der Waals surface area contributed by atoms with E-state index < -0.39 is 5.60 Å². The molecule has 1 aliphatic heterocycles. The van der Waals surface area contributed by atoms with Crippen LogP contribution in [0.1, 0.15) is 16.9 Å². The van der Waals surface area contributed by atoms with Crippen molar-refractivity contribution in [1.29, 1.82) is 0 Å². The molecule has 0 aromatic carbocycles. The summed E-state index contributed by atoms with van der Waals surface area (Å²) < 4.78 is 1.72. The second kappa shape index (κ2) is 5.96. The number of nitrogens with zero attached hydrogens (tertiary/aromatic N) is 6. The van der Waals surface area contributed by atoms with Crippen LogP contribution in [0.25, 0.3) is 0 Å². The molecule has 1 saturated heterocycles. The van der Waals surface area contributed by atoms with Crippen molar-refractivity contribution in [3.05, 3.63) is 36.7 Å². The van der Waals surface area contributed by atoms with E-state index in [2.05, 4.69) is 15.0 Å². The van der Waals surface area contributed by atoms with Crippen LogP contribution in [-0.2, 0) is 7.05 Å². The zero-order valence-corrected chi connectivity index (χ0v) is 13.3. The number of hydrogen-bond acceptors (Lipinski definition) is 6. The molecule has 1 amide bonds. The molecule has 8 nitrogen and oxygen atoms in total. The topological polar surface area (TPSA) is 87.4 Å². The number of carbonyl (C=O) groups is 1. The van der Waals surface area contributed by atoms with Crippen molar-refractivity contribution in [2.75, 3.05) is 31.6 Å². The van der Waals surface area contributed by atoms with E-state index in [0.29, 0.717) is 31.2 Å². The molecule has 1 atom stereocenters. The molecule has 0 saturated carbocycles. The minimum Gasteiger partial charge on any atom is -0.386 e. The number of aliphatic hydroxyl groups is 1. The van der Waals surface area contributed by atoms with Crippen LogP contribution in [-0.4, -0.2) is 67.7 Å². The lowest BCUT2D eigenvalue weighted by molar-refractivity contribution is 0.0262. The van der Waals surface area contributed by atoms with Gasteiger partial charge < -0.3 is 19.5 Å². The van der Waals surface area contributed by atoms with E-state index in [4.69, 9.17) is 0 Å². The van der Waals surface area contributed by atoms with Gasteiger partial charge in [0.05, 0.1) is 19.4 Å². The number of amides is 1. The van der Waals surface area contributed by atoms with E-state index in [1.165, 1.54) is 4.90 Å². The number of carbonyl (C=O) groups excluding carboxylic acids is 1. The molecule has 8 heteroatoms. The SMILES string of the molecule is CN(C[C@]1(O)CCN(c2ncccn2)C1)C(=O)c1cn(C)cn1. The van der Waals surface area contributed by atoms with Crippen molar-refractivity contribution in [2.24, 2.45) is 7.05 Å². The van der Waals surface area contributed by atoms with Gasteiger partial charge in [0.1, 0.15) is 11.3 Å². The second-order valence-corrected chi connectivity index (χ2v) is 6.03. The highest BCUT2D eigenvalue weighted by Gasteiger charge is 2.39. The van der Waals surface area contributed by atoms with Crippen LogP contribution in [0.4, 0.5) is 5.95 Å². The molecule has 1 aliphatic rings. The maximum Gasteiger partial charge on any atom is 0.273 e. The molecule has 1 fully saturated rings. The number of anilines is 1. The molecule has 3 rings (SSSR count). The molecule has 0 spiro atoms. The summed E-state index contributed by atoms with van der Waals surface area (Å²) in [5.41, 5.74) is -0.599. The monoisotopic (exact) mass is 316 g/mol. The Kier molecular flexibility index (Phi) is 3.99. The van der Waals surface area contributed by atoms with Crippen LogP contribution in [0.3, 0.4) is 0 Å². The first kappa shape index (κ1) is 15.4. The predicted molar refractivity (Wildman–Crippen MR) is 84.0 cm³/mol. The fourth-order valence-corrected chi connectivity index (χ4v) is 2.84. The number of β-amino-alcohol motifs (C(OH)–C–C–N with tert-alkyl or cyclic N) is 1. The summed E-state index contributed by atoms with van der Waals surface area (Å²) in [7, 11) is 3.49. The van der Waals surface area contributed by atoms with Crippen molar-refractivity contribution in [2.45, 2.75) is 12.0 Å². The van der Waals surface area contributed by atoms with Gasteiger partial charge in [-0.25, -0.2) is 15.0 Å². The van der Waals surface area contributed by atoms with Gasteiger partial charge in [0, 0.05) is 39.2 Å². The Hall–Kier alpha value is -2.48. The molecular formula is C15H20N6O2. The van der Waals surface area contributed by atoms with Gasteiger partial charge in [-0.1, -0.05) is 0 Å². The van der Waals surface area contributed by atoms with Crippen LogP contribution in [0, 0.1) is 0 Å². The predicted octanol–water partition coefficient (Wildman–Crippen LogP) is -0.0765. The average molecular weight is 316 g/mol. The number of aryl methyl sites for hydroxylation is 1. The van der Waals surface area contributed by atoms with Crippen molar-refractivity contribution in [1.82, 2.24) is 24.4 Å². The zero-order valence-electron chi connectivity index (χ0n) is 13.3. The summed E-state index contributed by atoms with van der Waals surface area (Å²) in [5.74, 6) is 0.399. The molecule has 0 aliphatic carbocycles. The van der Waals surface area contributed by atoms with Crippen molar-refractivity contribution in [3.8, 4) is 0 Å². The Bertz CT molecular complexity index is 688. The van der Waals surface area contributed by atoms with Gasteiger partial charge in [-0.15, -0.1) is 0 Å². The van der Waals surface area contributed by atoms with Gasteiger partial charge in [-0.3, -0.25) is 4.79 Å². The van der Waals surface area contributed by atoms with Crippen molar-refractivity contribution < 1.29 is 9.90 Å². The molecule has 3 heterocycles. The van der Waals surface area contributed by atoms with Gasteiger partial charge in [-0.05, 0) is 12.5 Å². The Morgan fingerprint density at radius 3 is 2.78 bits per heavy atom. The van der Waals surface area contributed by atoms with Gasteiger partial charge in [0.2, 0.25) is 5.95 Å². The summed E-state index contributed by atoms with van der Waals surface area (Å²) >= 11 is 0. The maximum absolute atomic E-state index is 12.3. The summed E-state index contributed by atoms with van der Waals surface area (Å²) in [6, 6.07) is 1.76. The van der Waals surface area contributed by atoms with Crippen LogP contribution in [0.2, 0.25) is 0 Å². The summed E-state index contributed by atoms with van der Waals surface area (Å²) in [6.07, 6.45) is 7.17. The molecule has 2 aromatic rings. The highest BCUT2D eigenvalue weighted by molar-refractivity contribution is 5.91. The first-order chi connectivity index (χ1) is 11.0. The highest BCUT2D eigenvalue weighted by atomic mass is 16.3. The standard InChI is InChI=1S/C15H20N6O2/c1-19-8-12(18-11-19)13(22)20(2)9-15(23)4-7-21(10-15)14-16-5-3-6-17-14/h3,5-6,8,11,23H,4,7,9-10H2,1-2H3/t15-/m1/s1. The summed E-state index contributed by atoms with van der Waals surface area (Å²) in [4.78, 5) is 28.2. The minimum atomic E-state index is -0.974. The van der Waals surface area contributed by atoms with Gasteiger partial charge in [-0.2, -0.15) is 0 Å². The first-order valence-corrected chi connectivity index (χ1v) is 7.45. The smallest absolute Gasteiger partial charge is 0.273 e. The lowest BCUT2D eigenvalue weighted by Crippen LogP contribution is -2.46. The van der Waals surface area contributed by atoms with Crippen LogP contribution in [0.15, 0.2) is 31.0 Å². The number of rotatable bonds is 4.